The quantitative estimate of drug-likeness (QED) is 0.916. The number of likely N-dealkylation sites (tertiary alicyclic amines) is 1. The molecule has 1 aromatic heterocycles. The molecule has 0 radical (unpaired) electrons. The highest BCUT2D eigenvalue weighted by molar-refractivity contribution is 5.90. The van der Waals surface area contributed by atoms with Gasteiger partial charge in [-0.15, -0.1) is 0 Å². The third kappa shape index (κ3) is 2.77. The van der Waals surface area contributed by atoms with E-state index in [1.807, 2.05) is 49.1 Å². The summed E-state index contributed by atoms with van der Waals surface area (Å²) in [7, 11) is 0. The van der Waals surface area contributed by atoms with E-state index in [9.17, 15) is 4.79 Å². The van der Waals surface area contributed by atoms with Crippen LogP contribution in [0.1, 0.15) is 35.9 Å². The number of rotatable bonds is 2. The van der Waals surface area contributed by atoms with Crippen molar-refractivity contribution in [3.05, 3.63) is 47.3 Å². The van der Waals surface area contributed by atoms with E-state index in [4.69, 9.17) is 4.52 Å². The Kier molecular flexibility index (Phi) is 3.64. The van der Waals surface area contributed by atoms with Crippen LogP contribution in [0.5, 0.6) is 0 Å². The molecule has 3 rings (SSSR count). The van der Waals surface area contributed by atoms with Gasteiger partial charge in [-0.25, -0.2) is 4.79 Å². The van der Waals surface area contributed by atoms with Crippen LogP contribution in [-0.4, -0.2) is 22.6 Å². The summed E-state index contributed by atoms with van der Waals surface area (Å²) in [6, 6.07) is 9.58. The standard InChI is InChI=1S/C16H19N3O2/c1-11-6-3-4-7-13(11)17-16(20)19-9-5-8-14(19)15-10-12(2)18-21-15/h3-4,6-7,10,14H,5,8-9H2,1-2H3,(H,17,20)/t14-/m1/s1. The second kappa shape index (κ2) is 5.60. The molecule has 2 amide bonds. The van der Waals surface area contributed by atoms with E-state index in [2.05, 4.69) is 10.5 Å². The van der Waals surface area contributed by atoms with Crippen molar-refractivity contribution in [1.29, 1.82) is 0 Å². The van der Waals surface area contributed by atoms with Crippen LogP contribution < -0.4 is 5.32 Å². The monoisotopic (exact) mass is 285 g/mol. The van der Waals surface area contributed by atoms with Crippen LogP contribution in [0.25, 0.3) is 0 Å². The van der Waals surface area contributed by atoms with Crippen molar-refractivity contribution in [2.75, 3.05) is 11.9 Å². The van der Waals surface area contributed by atoms with E-state index < -0.39 is 0 Å². The summed E-state index contributed by atoms with van der Waals surface area (Å²) in [5.41, 5.74) is 2.75. The summed E-state index contributed by atoms with van der Waals surface area (Å²) in [5.74, 6) is 0.768. The predicted octanol–water partition coefficient (Wildman–Crippen LogP) is 3.66. The van der Waals surface area contributed by atoms with Crippen molar-refractivity contribution in [3.63, 3.8) is 0 Å². The second-order valence-electron chi connectivity index (χ2n) is 5.47. The molecule has 5 nitrogen and oxygen atoms in total. The number of para-hydroxylation sites is 1. The van der Waals surface area contributed by atoms with Gasteiger partial charge in [-0.05, 0) is 38.3 Å². The molecule has 5 heteroatoms. The van der Waals surface area contributed by atoms with Gasteiger partial charge < -0.3 is 14.7 Å². The molecular weight excluding hydrogens is 266 g/mol. The lowest BCUT2D eigenvalue weighted by Crippen LogP contribution is -2.34. The molecule has 0 aliphatic carbocycles. The van der Waals surface area contributed by atoms with Crippen molar-refractivity contribution in [3.8, 4) is 0 Å². The lowest BCUT2D eigenvalue weighted by atomic mass is 10.1. The zero-order valence-corrected chi connectivity index (χ0v) is 12.3. The van der Waals surface area contributed by atoms with E-state index in [0.29, 0.717) is 0 Å². The first-order valence-electron chi connectivity index (χ1n) is 7.21. The molecule has 1 aliphatic heterocycles. The molecule has 1 saturated heterocycles. The Morgan fingerprint density at radius 3 is 2.90 bits per heavy atom. The third-order valence-electron chi connectivity index (χ3n) is 3.87. The first-order valence-corrected chi connectivity index (χ1v) is 7.21. The normalized spacial score (nSPS) is 18.0. The lowest BCUT2D eigenvalue weighted by molar-refractivity contribution is 0.195. The third-order valence-corrected chi connectivity index (χ3v) is 3.87. The van der Waals surface area contributed by atoms with Gasteiger partial charge in [0.25, 0.3) is 0 Å². The molecule has 0 bridgehead atoms. The van der Waals surface area contributed by atoms with Crippen LogP contribution in [-0.2, 0) is 0 Å². The molecule has 21 heavy (non-hydrogen) atoms. The Hall–Kier alpha value is -2.30. The number of hydrogen-bond donors (Lipinski definition) is 1. The second-order valence-corrected chi connectivity index (χ2v) is 5.47. The van der Waals surface area contributed by atoms with Crippen LogP contribution in [0.15, 0.2) is 34.9 Å². The molecule has 0 saturated carbocycles. The fourth-order valence-corrected chi connectivity index (χ4v) is 2.75. The van der Waals surface area contributed by atoms with Crippen molar-refractivity contribution in [2.24, 2.45) is 0 Å². The number of carbonyl (C=O) groups is 1. The zero-order valence-electron chi connectivity index (χ0n) is 12.3. The molecule has 1 atom stereocenters. The van der Waals surface area contributed by atoms with Gasteiger partial charge in [-0.2, -0.15) is 0 Å². The van der Waals surface area contributed by atoms with Crippen molar-refractivity contribution < 1.29 is 9.32 Å². The Morgan fingerprint density at radius 2 is 2.19 bits per heavy atom. The molecule has 1 aromatic carbocycles. The number of carbonyl (C=O) groups excluding carboxylic acids is 1. The Morgan fingerprint density at radius 1 is 1.38 bits per heavy atom. The van der Waals surface area contributed by atoms with Gasteiger partial charge in [-0.3, -0.25) is 0 Å². The molecule has 2 heterocycles. The smallest absolute Gasteiger partial charge is 0.322 e. The number of hydrogen-bond acceptors (Lipinski definition) is 3. The first-order chi connectivity index (χ1) is 10.1. The van der Waals surface area contributed by atoms with Crippen LogP contribution in [0.3, 0.4) is 0 Å². The summed E-state index contributed by atoms with van der Waals surface area (Å²) in [4.78, 5) is 14.3. The van der Waals surface area contributed by atoms with Crippen molar-refractivity contribution in [1.82, 2.24) is 10.1 Å². The van der Waals surface area contributed by atoms with E-state index in [1.165, 1.54) is 0 Å². The average molecular weight is 285 g/mol. The Balaban J connectivity index is 1.76. The number of aryl methyl sites for hydroxylation is 2. The number of amides is 2. The lowest BCUT2D eigenvalue weighted by Gasteiger charge is -2.23. The fraction of sp³-hybridized carbons (Fsp3) is 0.375. The molecular formula is C16H19N3O2. The molecule has 0 spiro atoms. The maximum absolute atomic E-state index is 12.5. The largest absolute Gasteiger partial charge is 0.359 e. The van der Waals surface area contributed by atoms with Crippen molar-refractivity contribution in [2.45, 2.75) is 32.7 Å². The highest BCUT2D eigenvalue weighted by Crippen LogP contribution is 2.32. The van der Waals surface area contributed by atoms with Gasteiger partial charge in [0.1, 0.15) is 0 Å². The number of benzene rings is 1. The van der Waals surface area contributed by atoms with Crippen LogP contribution in [0.2, 0.25) is 0 Å². The molecule has 1 N–H and O–H groups in total. The van der Waals surface area contributed by atoms with Crippen LogP contribution in [0, 0.1) is 13.8 Å². The summed E-state index contributed by atoms with van der Waals surface area (Å²) in [6.07, 6.45) is 1.89. The SMILES string of the molecule is Cc1cc([C@H]2CCCN2C(=O)Nc2ccccc2C)on1. The Labute approximate surface area is 123 Å². The topological polar surface area (TPSA) is 58.4 Å². The van der Waals surface area contributed by atoms with Gasteiger partial charge in [-0.1, -0.05) is 23.4 Å². The highest BCUT2D eigenvalue weighted by Gasteiger charge is 2.32. The van der Waals surface area contributed by atoms with E-state index in [1.54, 1.807) is 0 Å². The summed E-state index contributed by atoms with van der Waals surface area (Å²) in [5, 5.41) is 6.90. The van der Waals surface area contributed by atoms with Gasteiger partial charge in [0.05, 0.1) is 11.7 Å². The number of nitrogens with zero attached hydrogens (tertiary/aromatic N) is 2. The van der Waals surface area contributed by atoms with E-state index in [-0.39, 0.29) is 12.1 Å². The maximum Gasteiger partial charge on any atom is 0.322 e. The number of nitrogens with one attached hydrogen (secondary N) is 1. The number of aromatic nitrogens is 1. The van der Waals surface area contributed by atoms with Gasteiger partial charge >= 0.3 is 6.03 Å². The Bertz CT molecular complexity index is 650. The zero-order chi connectivity index (χ0) is 14.8. The fourth-order valence-electron chi connectivity index (χ4n) is 2.75. The number of urea groups is 1. The van der Waals surface area contributed by atoms with E-state index >= 15 is 0 Å². The van der Waals surface area contributed by atoms with Crippen LogP contribution >= 0.6 is 0 Å². The minimum atomic E-state index is -0.0825. The van der Waals surface area contributed by atoms with Gasteiger partial charge in [0, 0.05) is 18.3 Å². The highest BCUT2D eigenvalue weighted by atomic mass is 16.5. The molecule has 2 aromatic rings. The first kappa shape index (κ1) is 13.7. The van der Waals surface area contributed by atoms with Crippen LogP contribution in [0.4, 0.5) is 10.5 Å². The van der Waals surface area contributed by atoms with Crippen molar-refractivity contribution >= 4 is 11.7 Å². The summed E-state index contributed by atoms with van der Waals surface area (Å²) in [6.45, 7) is 4.61. The van der Waals surface area contributed by atoms with E-state index in [0.717, 1.165) is 42.1 Å². The number of anilines is 1. The molecule has 110 valence electrons. The predicted molar refractivity (Wildman–Crippen MR) is 80.1 cm³/mol. The van der Waals surface area contributed by atoms with Gasteiger partial charge in [0.2, 0.25) is 0 Å². The molecule has 1 fully saturated rings. The maximum atomic E-state index is 12.5. The molecule has 1 aliphatic rings. The minimum absolute atomic E-state index is 0.0183. The summed E-state index contributed by atoms with van der Waals surface area (Å²) < 4.78 is 5.33. The minimum Gasteiger partial charge on any atom is -0.359 e. The molecule has 0 unspecified atom stereocenters. The summed E-state index contributed by atoms with van der Waals surface area (Å²) >= 11 is 0. The van der Waals surface area contributed by atoms with Gasteiger partial charge in [0.15, 0.2) is 5.76 Å². The average Bonchev–Trinajstić information content (AvgIpc) is 3.09.